The van der Waals surface area contributed by atoms with Crippen LogP contribution in [0.5, 0.6) is 5.75 Å². The maximum absolute atomic E-state index is 13.0. The first kappa shape index (κ1) is 14.5. The summed E-state index contributed by atoms with van der Waals surface area (Å²) < 4.78 is 23.6. The van der Waals surface area contributed by atoms with E-state index in [1.54, 1.807) is 0 Å². The molecule has 0 aliphatic rings. The van der Waals surface area contributed by atoms with Crippen molar-refractivity contribution >= 4 is 11.6 Å². The minimum absolute atomic E-state index is 0.0840. The van der Waals surface area contributed by atoms with E-state index in [4.69, 9.17) is 20.9 Å². The molecule has 0 bridgehead atoms. The largest absolute Gasteiger partial charge is 0.484 e. The van der Waals surface area contributed by atoms with E-state index in [1.807, 2.05) is 31.2 Å². The highest BCUT2D eigenvalue weighted by atomic mass is 35.5. The summed E-state index contributed by atoms with van der Waals surface area (Å²) in [6.07, 6.45) is 0. The van der Waals surface area contributed by atoms with Crippen molar-refractivity contribution in [2.45, 2.75) is 13.5 Å². The van der Waals surface area contributed by atoms with Gasteiger partial charge in [-0.1, -0.05) is 34.5 Å². The molecule has 3 aromatic rings. The van der Waals surface area contributed by atoms with E-state index in [0.717, 1.165) is 11.1 Å². The van der Waals surface area contributed by atoms with Gasteiger partial charge in [-0.05, 0) is 37.3 Å². The summed E-state index contributed by atoms with van der Waals surface area (Å²) in [5, 5.41) is 4.05. The average Bonchev–Trinajstić information content (AvgIpc) is 2.96. The molecule has 0 aliphatic carbocycles. The fourth-order valence-electron chi connectivity index (χ4n) is 1.86. The van der Waals surface area contributed by atoms with Gasteiger partial charge < -0.3 is 9.26 Å². The zero-order chi connectivity index (χ0) is 15.5. The highest BCUT2D eigenvalue weighted by molar-refractivity contribution is 6.32. The molecule has 0 unspecified atom stereocenters. The van der Waals surface area contributed by atoms with E-state index in [-0.39, 0.29) is 11.6 Å². The second-order valence-electron chi connectivity index (χ2n) is 4.75. The quantitative estimate of drug-likeness (QED) is 0.714. The molecule has 0 radical (unpaired) electrons. The van der Waals surface area contributed by atoms with E-state index in [0.29, 0.717) is 17.5 Å². The average molecular weight is 319 g/mol. The van der Waals surface area contributed by atoms with E-state index >= 15 is 0 Å². The Hall–Kier alpha value is -2.40. The highest BCUT2D eigenvalue weighted by Gasteiger charge is 2.10. The Morgan fingerprint density at radius 1 is 1.18 bits per heavy atom. The molecule has 0 saturated carbocycles. The van der Waals surface area contributed by atoms with Gasteiger partial charge in [-0.2, -0.15) is 4.98 Å². The van der Waals surface area contributed by atoms with Crippen LogP contribution >= 0.6 is 11.6 Å². The number of rotatable bonds is 4. The van der Waals surface area contributed by atoms with Crippen molar-refractivity contribution in [3.8, 4) is 17.2 Å². The van der Waals surface area contributed by atoms with Gasteiger partial charge in [0, 0.05) is 5.56 Å². The number of hydrogen-bond acceptors (Lipinski definition) is 4. The molecule has 112 valence electrons. The zero-order valence-electron chi connectivity index (χ0n) is 11.7. The lowest BCUT2D eigenvalue weighted by atomic mass is 10.1. The third-order valence-electron chi connectivity index (χ3n) is 3.02. The molecule has 0 aliphatic heterocycles. The molecule has 1 aromatic heterocycles. The van der Waals surface area contributed by atoms with E-state index in [9.17, 15) is 4.39 Å². The van der Waals surface area contributed by atoms with Crippen LogP contribution in [0.25, 0.3) is 11.5 Å². The van der Waals surface area contributed by atoms with Crippen LogP contribution in [0.15, 0.2) is 47.0 Å². The Bertz CT molecular complexity index is 787. The zero-order valence-corrected chi connectivity index (χ0v) is 12.5. The third kappa shape index (κ3) is 3.26. The summed E-state index contributed by atoms with van der Waals surface area (Å²) in [6.45, 7) is 2.09. The van der Waals surface area contributed by atoms with Crippen molar-refractivity contribution in [2.24, 2.45) is 0 Å². The fraction of sp³-hybridized carbons (Fsp3) is 0.125. The van der Waals surface area contributed by atoms with Gasteiger partial charge in [0.1, 0.15) is 11.6 Å². The second-order valence-corrected chi connectivity index (χ2v) is 5.15. The first-order chi connectivity index (χ1) is 10.6. The van der Waals surface area contributed by atoms with Crippen molar-refractivity contribution in [2.75, 3.05) is 0 Å². The number of hydrogen-bond donors (Lipinski definition) is 0. The van der Waals surface area contributed by atoms with Crippen LogP contribution in [-0.4, -0.2) is 10.1 Å². The predicted octanol–water partition coefficient (Wildman–Crippen LogP) is 4.42. The second kappa shape index (κ2) is 6.15. The Balaban J connectivity index is 1.70. The number of nitrogens with zero attached hydrogens (tertiary/aromatic N) is 2. The Morgan fingerprint density at radius 2 is 1.95 bits per heavy atom. The first-order valence-corrected chi connectivity index (χ1v) is 6.97. The maximum Gasteiger partial charge on any atom is 0.258 e. The van der Waals surface area contributed by atoms with Gasteiger partial charge in [0.05, 0.1) is 5.02 Å². The summed E-state index contributed by atoms with van der Waals surface area (Å²) in [4.78, 5) is 4.25. The lowest BCUT2D eigenvalue weighted by molar-refractivity contribution is 0.287. The minimum Gasteiger partial charge on any atom is -0.484 e. The lowest BCUT2D eigenvalue weighted by Crippen LogP contribution is -1.98. The van der Waals surface area contributed by atoms with Gasteiger partial charge in [0.2, 0.25) is 5.82 Å². The van der Waals surface area contributed by atoms with Crippen LogP contribution in [0.3, 0.4) is 0 Å². The lowest BCUT2D eigenvalue weighted by Gasteiger charge is -2.04. The van der Waals surface area contributed by atoms with Crippen molar-refractivity contribution in [3.63, 3.8) is 0 Å². The molecular formula is C16H12ClFN2O2. The van der Waals surface area contributed by atoms with Gasteiger partial charge in [-0.25, -0.2) is 4.39 Å². The summed E-state index contributed by atoms with van der Waals surface area (Å²) >= 11 is 5.88. The standard InChI is InChI=1S/C16H12ClFN2O2/c1-10-2-4-11(5-3-10)16-19-15(20-22-16)9-21-14-7-6-12(18)8-13(14)17/h2-8H,9H2,1H3. The SMILES string of the molecule is Cc1ccc(-c2nc(COc3ccc(F)cc3Cl)no2)cc1. The van der Waals surface area contributed by atoms with E-state index in [1.165, 1.54) is 18.2 Å². The summed E-state index contributed by atoms with van der Waals surface area (Å²) in [5.41, 5.74) is 1.99. The van der Waals surface area contributed by atoms with Gasteiger partial charge in [-0.3, -0.25) is 0 Å². The summed E-state index contributed by atoms with van der Waals surface area (Å²) in [5.74, 6) is 0.753. The molecule has 0 spiro atoms. The fourth-order valence-corrected chi connectivity index (χ4v) is 2.08. The summed E-state index contributed by atoms with van der Waals surface area (Å²) in [7, 11) is 0. The first-order valence-electron chi connectivity index (χ1n) is 6.59. The highest BCUT2D eigenvalue weighted by Crippen LogP contribution is 2.25. The van der Waals surface area contributed by atoms with Crippen LogP contribution in [0.4, 0.5) is 4.39 Å². The van der Waals surface area contributed by atoms with Gasteiger partial charge in [0.25, 0.3) is 5.89 Å². The Labute approximate surface area is 131 Å². The molecule has 0 amide bonds. The molecule has 4 nitrogen and oxygen atoms in total. The molecule has 0 atom stereocenters. The smallest absolute Gasteiger partial charge is 0.258 e. The van der Waals surface area contributed by atoms with Gasteiger partial charge >= 0.3 is 0 Å². The van der Waals surface area contributed by atoms with Crippen LogP contribution < -0.4 is 4.74 Å². The molecule has 0 saturated heterocycles. The van der Waals surface area contributed by atoms with Crippen LogP contribution in [0.1, 0.15) is 11.4 Å². The van der Waals surface area contributed by atoms with Gasteiger partial charge in [0.15, 0.2) is 6.61 Å². The van der Waals surface area contributed by atoms with Crippen molar-refractivity contribution in [1.29, 1.82) is 0 Å². The number of aryl methyl sites for hydroxylation is 1. The molecule has 3 rings (SSSR count). The molecule has 0 N–H and O–H groups in total. The normalized spacial score (nSPS) is 10.7. The molecule has 0 fully saturated rings. The number of halogens is 2. The van der Waals surface area contributed by atoms with E-state index < -0.39 is 5.82 Å². The monoisotopic (exact) mass is 318 g/mol. The van der Waals surface area contributed by atoms with Crippen LogP contribution in [-0.2, 0) is 6.61 Å². The predicted molar refractivity (Wildman–Crippen MR) is 80.2 cm³/mol. The van der Waals surface area contributed by atoms with Crippen LogP contribution in [0, 0.1) is 12.7 Å². The number of aromatic nitrogens is 2. The molecular weight excluding hydrogens is 307 g/mol. The minimum atomic E-state index is -0.418. The van der Waals surface area contributed by atoms with Crippen molar-refractivity contribution < 1.29 is 13.7 Å². The molecule has 1 heterocycles. The maximum atomic E-state index is 13.0. The number of benzene rings is 2. The van der Waals surface area contributed by atoms with Gasteiger partial charge in [-0.15, -0.1) is 0 Å². The van der Waals surface area contributed by atoms with Crippen LogP contribution in [0.2, 0.25) is 5.02 Å². The summed E-state index contributed by atoms with van der Waals surface area (Å²) in [6, 6.07) is 11.7. The van der Waals surface area contributed by atoms with E-state index in [2.05, 4.69) is 10.1 Å². The topological polar surface area (TPSA) is 48.2 Å². The third-order valence-corrected chi connectivity index (χ3v) is 3.31. The Morgan fingerprint density at radius 3 is 2.68 bits per heavy atom. The Kier molecular flexibility index (Phi) is 4.06. The molecule has 6 heteroatoms. The molecule has 22 heavy (non-hydrogen) atoms. The number of ether oxygens (including phenoxy) is 1. The molecule has 2 aromatic carbocycles. The van der Waals surface area contributed by atoms with Crippen molar-refractivity contribution in [1.82, 2.24) is 10.1 Å². The van der Waals surface area contributed by atoms with Crippen molar-refractivity contribution in [3.05, 3.63) is 64.7 Å².